The third kappa shape index (κ3) is 3.62. The van der Waals surface area contributed by atoms with Gasteiger partial charge in [0, 0.05) is 16.3 Å². The van der Waals surface area contributed by atoms with Crippen molar-refractivity contribution in [2.24, 2.45) is 0 Å². The second-order valence-corrected chi connectivity index (χ2v) is 3.33. The van der Waals surface area contributed by atoms with Crippen molar-refractivity contribution < 1.29 is 0 Å². The van der Waals surface area contributed by atoms with Gasteiger partial charge in [-0.15, -0.1) is 0 Å². The van der Waals surface area contributed by atoms with E-state index >= 15 is 0 Å². The summed E-state index contributed by atoms with van der Waals surface area (Å²) in [5, 5.41) is 0.674. The van der Waals surface area contributed by atoms with E-state index in [1.54, 1.807) is 0 Å². The van der Waals surface area contributed by atoms with Crippen LogP contribution in [0.3, 0.4) is 0 Å². The lowest BCUT2D eigenvalue weighted by Crippen LogP contribution is -2.11. The molecule has 0 saturated heterocycles. The van der Waals surface area contributed by atoms with Crippen molar-refractivity contribution in [3.63, 3.8) is 0 Å². The topological polar surface area (TPSA) is 0 Å². The van der Waals surface area contributed by atoms with Crippen LogP contribution < -0.4 is 0 Å². The monoisotopic (exact) mass is 154 g/mol. The molecule has 0 bridgehead atoms. The lowest BCUT2D eigenvalue weighted by molar-refractivity contribution is 0.955. The van der Waals surface area contributed by atoms with Gasteiger partial charge in [-0.05, 0) is 0 Å². The van der Waals surface area contributed by atoms with Crippen molar-refractivity contribution in [1.29, 1.82) is 0 Å². The number of hydrogen-bond donors (Lipinski definition) is 3. The summed E-state index contributed by atoms with van der Waals surface area (Å²) in [6.45, 7) is 2.01. The second-order valence-electron chi connectivity index (χ2n) is 1.49. The average Bonchev–Trinajstić information content (AvgIpc) is 1.65. The first-order valence-electron chi connectivity index (χ1n) is 2.15. The first kappa shape index (κ1) is 8.05. The van der Waals surface area contributed by atoms with Gasteiger partial charge in [-0.3, -0.25) is 0 Å². The van der Waals surface area contributed by atoms with Gasteiger partial charge >= 0.3 is 0 Å². The summed E-state index contributed by atoms with van der Waals surface area (Å²) in [5.74, 6) is 0.799. The van der Waals surface area contributed by atoms with Gasteiger partial charge in [-0.1, -0.05) is 6.92 Å². The quantitative estimate of drug-likeness (QED) is 0.494. The van der Waals surface area contributed by atoms with E-state index in [1.165, 1.54) is 0 Å². The summed E-state index contributed by atoms with van der Waals surface area (Å²) in [6, 6.07) is 0. The van der Waals surface area contributed by atoms with Crippen molar-refractivity contribution in [2.75, 3.05) is 5.75 Å². The fourth-order valence-corrected chi connectivity index (χ4v) is 0.740. The number of rotatable bonds is 2. The van der Waals surface area contributed by atoms with E-state index < -0.39 is 0 Å². The van der Waals surface area contributed by atoms with Crippen molar-refractivity contribution in [3.8, 4) is 0 Å². The number of hydrogen-bond acceptors (Lipinski definition) is 3. The molecular weight excluding hydrogens is 144 g/mol. The minimum atomic E-state index is 0.326. The standard InChI is InChI=1S/C4H10S3/c1-3(6)4(7)2-5/h3-7H,2H2,1H3. The normalized spacial score (nSPS) is 18.9. The zero-order chi connectivity index (χ0) is 5.86. The van der Waals surface area contributed by atoms with E-state index in [2.05, 4.69) is 37.9 Å². The molecule has 0 fully saturated rings. The van der Waals surface area contributed by atoms with E-state index in [9.17, 15) is 0 Å². The van der Waals surface area contributed by atoms with E-state index in [0.29, 0.717) is 10.5 Å². The van der Waals surface area contributed by atoms with Gasteiger partial charge in [0.15, 0.2) is 0 Å². The van der Waals surface area contributed by atoms with Gasteiger partial charge in [0.1, 0.15) is 0 Å². The Balaban J connectivity index is 3.14. The molecule has 0 N–H and O–H groups in total. The summed E-state index contributed by atoms with van der Waals surface area (Å²) in [4.78, 5) is 0. The van der Waals surface area contributed by atoms with Crippen molar-refractivity contribution in [2.45, 2.75) is 17.4 Å². The van der Waals surface area contributed by atoms with E-state index in [0.717, 1.165) is 5.75 Å². The predicted molar refractivity (Wildman–Crippen MR) is 45.1 cm³/mol. The van der Waals surface area contributed by atoms with Gasteiger partial charge < -0.3 is 0 Å². The number of thiol groups is 3. The van der Waals surface area contributed by atoms with E-state index in [1.807, 2.05) is 6.92 Å². The lowest BCUT2D eigenvalue weighted by Gasteiger charge is -2.08. The van der Waals surface area contributed by atoms with Gasteiger partial charge in [0.05, 0.1) is 0 Å². The Bertz CT molecular complexity index is 44.2. The molecule has 0 aromatic carbocycles. The van der Waals surface area contributed by atoms with Crippen LogP contribution in [-0.2, 0) is 0 Å². The van der Waals surface area contributed by atoms with Crippen LogP contribution in [0, 0.1) is 0 Å². The largest absolute Gasteiger partial charge is 0.178 e. The Morgan fingerprint density at radius 2 is 1.86 bits per heavy atom. The van der Waals surface area contributed by atoms with Crippen LogP contribution in [-0.4, -0.2) is 16.3 Å². The van der Waals surface area contributed by atoms with Gasteiger partial charge in [-0.25, -0.2) is 0 Å². The average molecular weight is 154 g/mol. The molecule has 0 aliphatic rings. The van der Waals surface area contributed by atoms with Crippen LogP contribution >= 0.6 is 37.9 Å². The summed E-state index contributed by atoms with van der Waals surface area (Å²) < 4.78 is 0. The molecule has 0 aliphatic heterocycles. The molecule has 2 atom stereocenters. The Morgan fingerprint density at radius 3 is 1.86 bits per heavy atom. The minimum absolute atomic E-state index is 0.326. The fourth-order valence-electron chi connectivity index (χ4n) is 0.153. The molecule has 0 rings (SSSR count). The van der Waals surface area contributed by atoms with Crippen LogP contribution in [0.15, 0.2) is 0 Å². The van der Waals surface area contributed by atoms with Crippen LogP contribution in [0.1, 0.15) is 6.92 Å². The first-order chi connectivity index (χ1) is 3.18. The molecule has 0 aromatic rings. The molecule has 0 nitrogen and oxygen atoms in total. The van der Waals surface area contributed by atoms with Crippen LogP contribution in [0.25, 0.3) is 0 Å². The molecular formula is C4H10S3. The first-order valence-corrected chi connectivity index (χ1v) is 3.82. The van der Waals surface area contributed by atoms with E-state index in [-0.39, 0.29) is 0 Å². The zero-order valence-corrected chi connectivity index (χ0v) is 6.89. The smallest absolute Gasteiger partial charge is 0.0219 e. The maximum atomic E-state index is 4.17. The Kier molecular flexibility index (Phi) is 4.58. The lowest BCUT2D eigenvalue weighted by atomic mass is 10.4. The Morgan fingerprint density at radius 1 is 1.43 bits per heavy atom. The highest BCUT2D eigenvalue weighted by Crippen LogP contribution is 2.08. The molecule has 0 amide bonds. The molecule has 0 radical (unpaired) electrons. The molecule has 44 valence electrons. The third-order valence-corrected chi connectivity index (χ3v) is 2.65. The summed E-state index contributed by atoms with van der Waals surface area (Å²) >= 11 is 12.3. The molecule has 3 heteroatoms. The van der Waals surface area contributed by atoms with Crippen LogP contribution in [0.4, 0.5) is 0 Å². The molecule has 0 aromatic heterocycles. The molecule has 2 unspecified atom stereocenters. The maximum absolute atomic E-state index is 4.17. The summed E-state index contributed by atoms with van der Waals surface area (Å²) in [7, 11) is 0. The summed E-state index contributed by atoms with van der Waals surface area (Å²) in [6.07, 6.45) is 0. The molecule has 0 aliphatic carbocycles. The van der Waals surface area contributed by atoms with Gasteiger partial charge in [-0.2, -0.15) is 37.9 Å². The maximum Gasteiger partial charge on any atom is 0.0219 e. The second kappa shape index (κ2) is 3.98. The molecule has 7 heavy (non-hydrogen) atoms. The molecule has 0 saturated carbocycles. The third-order valence-electron chi connectivity index (χ3n) is 0.744. The molecule has 0 spiro atoms. The van der Waals surface area contributed by atoms with Crippen molar-refractivity contribution >= 4 is 37.9 Å². The van der Waals surface area contributed by atoms with Crippen LogP contribution in [0.2, 0.25) is 0 Å². The Labute approximate surface area is 61.3 Å². The fraction of sp³-hybridized carbons (Fsp3) is 1.00. The molecule has 0 heterocycles. The van der Waals surface area contributed by atoms with Crippen LogP contribution in [0.5, 0.6) is 0 Å². The SMILES string of the molecule is CC(S)C(S)CS. The van der Waals surface area contributed by atoms with Crippen molar-refractivity contribution in [1.82, 2.24) is 0 Å². The minimum Gasteiger partial charge on any atom is -0.178 e. The van der Waals surface area contributed by atoms with Gasteiger partial charge in [0.25, 0.3) is 0 Å². The van der Waals surface area contributed by atoms with E-state index in [4.69, 9.17) is 0 Å². The highest BCUT2D eigenvalue weighted by atomic mass is 32.1. The highest BCUT2D eigenvalue weighted by molar-refractivity contribution is 7.87. The Hall–Kier alpha value is 1.05. The van der Waals surface area contributed by atoms with Crippen molar-refractivity contribution in [3.05, 3.63) is 0 Å². The summed E-state index contributed by atoms with van der Waals surface area (Å²) in [5.41, 5.74) is 0. The van der Waals surface area contributed by atoms with Gasteiger partial charge in [0.2, 0.25) is 0 Å². The highest BCUT2D eigenvalue weighted by Gasteiger charge is 2.03. The zero-order valence-electron chi connectivity index (χ0n) is 4.20. The predicted octanol–water partition coefficient (Wildman–Crippen LogP) is 1.53.